The van der Waals surface area contributed by atoms with E-state index in [0.29, 0.717) is 0 Å². The lowest BCUT2D eigenvalue weighted by atomic mass is 10.2. The third-order valence-electron chi connectivity index (χ3n) is 4.39. The molecule has 1 heterocycles. The maximum absolute atomic E-state index is 13.4. The summed E-state index contributed by atoms with van der Waals surface area (Å²) in [5, 5.41) is 10.2. The summed E-state index contributed by atoms with van der Waals surface area (Å²) in [6, 6.07) is 7.13. The molecule has 3 rings (SSSR count). The molecule has 3 aromatic rings. The van der Waals surface area contributed by atoms with Gasteiger partial charge in [-0.1, -0.05) is 0 Å². The van der Waals surface area contributed by atoms with Gasteiger partial charge in [0, 0.05) is 6.07 Å². The molecular weight excluding hydrogens is 578 g/mol. The molecule has 0 aliphatic heterocycles. The molecule has 0 bridgehead atoms. The third-order valence-corrected chi connectivity index (χ3v) is 7.46. The molecule has 5 N–H and O–H groups in total. The summed E-state index contributed by atoms with van der Waals surface area (Å²) in [5.74, 6) is -2.38. The summed E-state index contributed by atoms with van der Waals surface area (Å²) < 4.78 is 118. The van der Waals surface area contributed by atoms with E-state index in [2.05, 4.69) is 29.7 Å². The minimum absolute atomic E-state index is 0.0495. The van der Waals surface area contributed by atoms with Crippen LogP contribution in [0.5, 0.6) is 0 Å². The third kappa shape index (κ3) is 7.90. The molecule has 204 valence electrons. The highest BCUT2D eigenvalue weighted by atomic mass is 32.3. The van der Waals surface area contributed by atoms with Crippen molar-refractivity contribution < 1.29 is 47.3 Å². The molecule has 0 saturated carbocycles. The zero-order valence-electron chi connectivity index (χ0n) is 18.6. The van der Waals surface area contributed by atoms with E-state index in [0.717, 1.165) is 30.3 Å². The van der Waals surface area contributed by atoms with Crippen molar-refractivity contribution in [1.82, 2.24) is 9.97 Å². The lowest BCUT2D eigenvalue weighted by Crippen LogP contribution is -2.15. The van der Waals surface area contributed by atoms with E-state index in [4.69, 9.17) is 10.3 Å². The van der Waals surface area contributed by atoms with Gasteiger partial charge in [-0.2, -0.15) is 40.7 Å². The molecule has 0 unspecified atom stereocenters. The van der Waals surface area contributed by atoms with Gasteiger partial charge in [-0.05, 0) is 36.4 Å². The Morgan fingerprint density at radius 2 is 1.61 bits per heavy atom. The number of rotatable bonds is 10. The normalized spacial score (nSPS) is 12.6. The van der Waals surface area contributed by atoms with E-state index in [1.54, 1.807) is 0 Å². The first-order chi connectivity index (χ1) is 17.5. The van der Waals surface area contributed by atoms with Crippen LogP contribution in [0.4, 0.5) is 37.3 Å². The first-order valence-corrected chi connectivity index (χ1v) is 14.2. The monoisotopic (exact) mass is 594 g/mol. The van der Waals surface area contributed by atoms with Crippen LogP contribution in [0.25, 0.3) is 0 Å². The van der Waals surface area contributed by atoms with Crippen molar-refractivity contribution in [2.75, 3.05) is 23.4 Å². The Morgan fingerprint density at radius 3 is 2.18 bits per heavy atom. The Labute approximate surface area is 214 Å². The Morgan fingerprint density at radius 1 is 0.947 bits per heavy atom. The first kappa shape index (κ1) is 28.9. The molecular formula is C18H16F2N6O9S3. The average molecular weight is 595 g/mol. The number of nitrogens with one attached hydrogen (secondary N) is 1. The predicted molar refractivity (Wildman–Crippen MR) is 126 cm³/mol. The van der Waals surface area contributed by atoms with Crippen molar-refractivity contribution in [3.8, 4) is 0 Å². The predicted octanol–water partition coefficient (Wildman–Crippen LogP) is 2.34. The molecule has 0 saturated heterocycles. The van der Waals surface area contributed by atoms with Gasteiger partial charge in [0.25, 0.3) is 10.1 Å². The van der Waals surface area contributed by atoms with Crippen LogP contribution >= 0.6 is 0 Å². The Bertz CT molecular complexity index is 1700. The number of anilines is 3. The average Bonchev–Trinajstić information content (AvgIpc) is 2.76. The maximum Gasteiger partial charge on any atom is 0.397 e. The molecule has 1 aromatic heterocycles. The van der Waals surface area contributed by atoms with Crippen LogP contribution in [-0.4, -0.2) is 56.7 Å². The smallest absolute Gasteiger partial charge is 0.397 e. The summed E-state index contributed by atoms with van der Waals surface area (Å²) in [4.78, 5) is 5.18. The van der Waals surface area contributed by atoms with Crippen LogP contribution in [0.1, 0.15) is 0 Å². The molecule has 0 aliphatic carbocycles. The number of nitrogens with zero attached hydrogens (tertiary/aromatic N) is 4. The number of nitrogens with two attached hydrogens (primary N) is 1. The van der Waals surface area contributed by atoms with Crippen LogP contribution < -0.4 is 11.1 Å². The number of halogens is 2. The highest BCUT2D eigenvalue weighted by Crippen LogP contribution is 2.35. The van der Waals surface area contributed by atoms with Gasteiger partial charge in [-0.3, -0.25) is 9.11 Å². The van der Waals surface area contributed by atoms with Crippen LogP contribution in [0.15, 0.2) is 62.5 Å². The van der Waals surface area contributed by atoms with Crippen LogP contribution in [0, 0.1) is 12.0 Å². The van der Waals surface area contributed by atoms with Gasteiger partial charge in [0.1, 0.15) is 16.4 Å². The SMILES string of the molecule is Nc1cc(Nc2cc(F)nc(F)n2)c(N=Nc2ccc(S(=O)(=O)CCOS(=O)(=O)O)cc2)cc1S(=O)(=O)O. The highest BCUT2D eigenvalue weighted by molar-refractivity contribution is 7.91. The number of nitrogen functional groups attached to an aromatic ring is 1. The number of azo groups is 1. The number of aromatic nitrogens is 2. The number of hydrogen-bond acceptors (Lipinski definition) is 13. The largest absolute Gasteiger partial charge is 0.398 e. The van der Waals surface area contributed by atoms with Gasteiger partial charge in [0.05, 0.1) is 34.3 Å². The lowest BCUT2D eigenvalue weighted by molar-refractivity contribution is 0.284. The van der Waals surface area contributed by atoms with Gasteiger partial charge in [-0.25, -0.2) is 12.6 Å². The fourth-order valence-electron chi connectivity index (χ4n) is 2.78. The van der Waals surface area contributed by atoms with E-state index in [-0.39, 0.29) is 22.0 Å². The summed E-state index contributed by atoms with van der Waals surface area (Å²) in [5.41, 5.74) is 4.85. The van der Waals surface area contributed by atoms with E-state index < -0.39 is 71.1 Å². The van der Waals surface area contributed by atoms with E-state index in [1.165, 1.54) is 12.1 Å². The summed E-state index contributed by atoms with van der Waals surface area (Å²) in [6.45, 7) is -0.828. The second kappa shape index (κ2) is 11.0. The minimum atomic E-state index is -4.81. The van der Waals surface area contributed by atoms with Crippen molar-refractivity contribution in [2.24, 2.45) is 10.2 Å². The fraction of sp³-hybridized carbons (Fsp3) is 0.111. The molecule has 0 amide bonds. The zero-order valence-corrected chi connectivity index (χ0v) is 21.0. The summed E-state index contributed by atoms with van der Waals surface area (Å²) in [7, 11) is -13.6. The van der Waals surface area contributed by atoms with E-state index in [1.807, 2.05) is 0 Å². The molecule has 0 aliphatic rings. The Hall–Kier alpha value is -3.69. The standard InChI is InChI=1S/C18H16F2N6O9S3/c19-16-9-17(24-18(20)23-16)22-13-7-12(21)15(37(29,30)31)8-14(13)26-25-10-1-3-11(4-2-10)36(27,28)6-5-35-38(32,33)34/h1-4,7-9H,5-6,21H2,(H,22,23,24)(H,29,30,31)(H,32,33,34). The molecule has 0 fully saturated rings. The second-order valence-electron chi connectivity index (χ2n) is 7.11. The molecule has 2 aromatic carbocycles. The second-order valence-corrected chi connectivity index (χ2v) is 11.7. The van der Waals surface area contributed by atoms with Gasteiger partial charge < -0.3 is 11.1 Å². The summed E-state index contributed by atoms with van der Waals surface area (Å²) in [6.07, 6.45) is -1.40. The van der Waals surface area contributed by atoms with Gasteiger partial charge in [-0.15, -0.1) is 5.11 Å². The van der Waals surface area contributed by atoms with Gasteiger partial charge >= 0.3 is 16.5 Å². The lowest BCUT2D eigenvalue weighted by Gasteiger charge is -2.11. The van der Waals surface area contributed by atoms with E-state index >= 15 is 0 Å². The molecule has 15 nitrogen and oxygen atoms in total. The number of hydrogen-bond donors (Lipinski definition) is 4. The highest BCUT2D eigenvalue weighted by Gasteiger charge is 2.19. The maximum atomic E-state index is 13.4. The number of benzene rings is 2. The van der Waals surface area contributed by atoms with Crippen molar-refractivity contribution in [3.05, 3.63) is 54.5 Å². The molecule has 38 heavy (non-hydrogen) atoms. The van der Waals surface area contributed by atoms with Crippen LogP contribution in [0.3, 0.4) is 0 Å². The van der Waals surface area contributed by atoms with Crippen molar-refractivity contribution >= 4 is 58.9 Å². The molecule has 20 heteroatoms. The Balaban J connectivity index is 1.92. The minimum Gasteiger partial charge on any atom is -0.398 e. The van der Waals surface area contributed by atoms with Crippen LogP contribution in [0.2, 0.25) is 0 Å². The topological polar surface area (TPSA) is 241 Å². The molecule has 0 radical (unpaired) electrons. The molecule has 0 atom stereocenters. The van der Waals surface area contributed by atoms with Crippen LogP contribution in [-0.2, 0) is 34.5 Å². The van der Waals surface area contributed by atoms with Crippen molar-refractivity contribution in [3.63, 3.8) is 0 Å². The van der Waals surface area contributed by atoms with Gasteiger partial charge in [0.2, 0.25) is 5.95 Å². The summed E-state index contributed by atoms with van der Waals surface area (Å²) >= 11 is 0. The molecule has 0 spiro atoms. The van der Waals surface area contributed by atoms with E-state index in [9.17, 15) is 38.6 Å². The van der Waals surface area contributed by atoms with Crippen molar-refractivity contribution in [2.45, 2.75) is 9.79 Å². The quantitative estimate of drug-likeness (QED) is 0.0867. The Kier molecular flexibility index (Phi) is 8.33. The number of sulfone groups is 1. The van der Waals surface area contributed by atoms with Crippen molar-refractivity contribution in [1.29, 1.82) is 0 Å². The fourth-order valence-corrected chi connectivity index (χ4v) is 4.89. The first-order valence-electron chi connectivity index (χ1n) is 9.78. The zero-order chi connectivity index (χ0) is 28.3. The van der Waals surface area contributed by atoms with Gasteiger partial charge in [0.15, 0.2) is 9.84 Å².